The number of hydrogen-bond acceptors (Lipinski definition) is 3. The summed E-state index contributed by atoms with van der Waals surface area (Å²) in [4.78, 5) is 14.4. The number of carbonyl (C=O) groups excluding carboxylic acids is 1. The summed E-state index contributed by atoms with van der Waals surface area (Å²) in [6, 6.07) is 8.63. The maximum atomic E-state index is 11.9. The highest BCUT2D eigenvalue weighted by molar-refractivity contribution is 5.85. The summed E-state index contributed by atoms with van der Waals surface area (Å²) in [6.07, 6.45) is 5.25. The molecule has 6 heteroatoms. The molecule has 2 fully saturated rings. The van der Waals surface area contributed by atoms with Crippen molar-refractivity contribution in [1.29, 1.82) is 0 Å². The van der Waals surface area contributed by atoms with E-state index in [-0.39, 0.29) is 30.7 Å². The van der Waals surface area contributed by atoms with Gasteiger partial charge in [-0.1, -0.05) is 31.2 Å². The van der Waals surface area contributed by atoms with E-state index >= 15 is 0 Å². The van der Waals surface area contributed by atoms with Gasteiger partial charge < -0.3 is 10.6 Å². The van der Waals surface area contributed by atoms with Crippen LogP contribution in [0, 0.1) is 11.8 Å². The van der Waals surface area contributed by atoms with Gasteiger partial charge >= 0.3 is 0 Å². The predicted octanol–water partition coefficient (Wildman–Crippen LogP) is 3.38. The molecule has 0 radical (unpaired) electrons. The number of amides is 1. The molecular formula is C20H33Cl2N3O. The van der Waals surface area contributed by atoms with Crippen LogP contribution in [0.5, 0.6) is 0 Å². The van der Waals surface area contributed by atoms with Crippen LogP contribution < -0.4 is 10.6 Å². The largest absolute Gasteiger partial charge is 0.351 e. The van der Waals surface area contributed by atoms with Gasteiger partial charge in [-0.2, -0.15) is 0 Å². The van der Waals surface area contributed by atoms with E-state index in [0.29, 0.717) is 13.1 Å². The topological polar surface area (TPSA) is 44.4 Å². The van der Waals surface area contributed by atoms with Crippen molar-refractivity contribution in [2.75, 3.05) is 26.2 Å². The maximum Gasteiger partial charge on any atom is 0.234 e. The molecule has 2 N–H and O–H groups in total. The SMILES string of the molecule is CC1CCN(Cc2cccc(CNC(=O)CNCC3CC3)c2)CC1.Cl.Cl. The van der Waals surface area contributed by atoms with Crippen LogP contribution in [0.4, 0.5) is 0 Å². The second kappa shape index (κ2) is 11.8. The van der Waals surface area contributed by atoms with Crippen molar-refractivity contribution in [3.8, 4) is 0 Å². The van der Waals surface area contributed by atoms with Crippen LogP contribution in [-0.4, -0.2) is 37.0 Å². The van der Waals surface area contributed by atoms with Crippen molar-refractivity contribution in [1.82, 2.24) is 15.5 Å². The highest BCUT2D eigenvalue weighted by Gasteiger charge is 2.20. The fourth-order valence-electron chi connectivity index (χ4n) is 3.29. The Morgan fingerprint density at radius 1 is 1.12 bits per heavy atom. The highest BCUT2D eigenvalue weighted by Crippen LogP contribution is 2.27. The Labute approximate surface area is 170 Å². The number of hydrogen-bond donors (Lipinski definition) is 2. The highest BCUT2D eigenvalue weighted by atomic mass is 35.5. The average molecular weight is 402 g/mol. The molecule has 26 heavy (non-hydrogen) atoms. The van der Waals surface area contributed by atoms with Gasteiger partial charge in [0.1, 0.15) is 0 Å². The minimum atomic E-state index is 0. The number of piperidine rings is 1. The number of halogens is 2. The molecule has 1 saturated heterocycles. The first kappa shape index (κ1) is 23.2. The molecule has 4 nitrogen and oxygen atoms in total. The van der Waals surface area contributed by atoms with E-state index in [9.17, 15) is 4.79 Å². The third-order valence-electron chi connectivity index (χ3n) is 5.18. The number of nitrogens with zero attached hydrogens (tertiary/aromatic N) is 1. The molecular weight excluding hydrogens is 369 g/mol. The number of nitrogens with one attached hydrogen (secondary N) is 2. The molecule has 1 aliphatic heterocycles. The fourth-order valence-corrected chi connectivity index (χ4v) is 3.29. The maximum absolute atomic E-state index is 11.9. The Bertz CT molecular complexity index is 544. The van der Waals surface area contributed by atoms with Gasteiger partial charge in [0.2, 0.25) is 5.91 Å². The molecule has 3 rings (SSSR count). The lowest BCUT2D eigenvalue weighted by molar-refractivity contribution is -0.120. The number of carbonyl (C=O) groups is 1. The molecule has 148 valence electrons. The van der Waals surface area contributed by atoms with E-state index in [0.717, 1.165) is 24.9 Å². The quantitative estimate of drug-likeness (QED) is 0.701. The minimum Gasteiger partial charge on any atom is -0.351 e. The molecule has 1 aromatic rings. The van der Waals surface area contributed by atoms with Crippen LogP contribution in [0.25, 0.3) is 0 Å². The zero-order valence-corrected chi connectivity index (χ0v) is 17.3. The number of likely N-dealkylation sites (tertiary alicyclic amines) is 1. The molecule has 0 atom stereocenters. The third-order valence-corrected chi connectivity index (χ3v) is 5.18. The summed E-state index contributed by atoms with van der Waals surface area (Å²) in [5.74, 6) is 1.77. The van der Waals surface area contributed by atoms with Crippen LogP contribution in [0.1, 0.15) is 43.7 Å². The zero-order valence-electron chi connectivity index (χ0n) is 15.7. The zero-order chi connectivity index (χ0) is 16.8. The van der Waals surface area contributed by atoms with Gasteiger partial charge in [0, 0.05) is 13.1 Å². The minimum absolute atomic E-state index is 0. The van der Waals surface area contributed by atoms with Crippen molar-refractivity contribution in [3.05, 3.63) is 35.4 Å². The molecule has 1 aliphatic carbocycles. The van der Waals surface area contributed by atoms with Crippen LogP contribution >= 0.6 is 24.8 Å². The molecule has 1 heterocycles. The first-order chi connectivity index (χ1) is 11.7. The summed E-state index contributed by atoms with van der Waals surface area (Å²) >= 11 is 0. The predicted molar refractivity (Wildman–Crippen MR) is 112 cm³/mol. The molecule has 0 spiro atoms. The smallest absolute Gasteiger partial charge is 0.234 e. The molecule has 1 saturated carbocycles. The van der Waals surface area contributed by atoms with E-state index in [1.54, 1.807) is 0 Å². The summed E-state index contributed by atoms with van der Waals surface area (Å²) in [5.41, 5.74) is 2.54. The Kier molecular flexibility index (Phi) is 10.6. The van der Waals surface area contributed by atoms with E-state index in [2.05, 4.69) is 46.7 Å². The number of rotatable bonds is 8. The van der Waals surface area contributed by atoms with Gasteiger partial charge in [-0.05, 0) is 68.3 Å². The van der Waals surface area contributed by atoms with Gasteiger partial charge in [-0.15, -0.1) is 24.8 Å². The van der Waals surface area contributed by atoms with E-state index in [4.69, 9.17) is 0 Å². The Morgan fingerprint density at radius 2 is 1.81 bits per heavy atom. The lowest BCUT2D eigenvalue weighted by Crippen LogP contribution is -2.34. The van der Waals surface area contributed by atoms with Crippen LogP contribution in [0.15, 0.2) is 24.3 Å². The molecule has 0 unspecified atom stereocenters. The van der Waals surface area contributed by atoms with Crippen molar-refractivity contribution >= 4 is 30.7 Å². The van der Waals surface area contributed by atoms with Crippen molar-refractivity contribution in [2.24, 2.45) is 11.8 Å². The Balaban J connectivity index is 0.00000169. The molecule has 2 aliphatic rings. The normalized spacial score (nSPS) is 17.9. The summed E-state index contributed by atoms with van der Waals surface area (Å²) < 4.78 is 0. The van der Waals surface area contributed by atoms with Gasteiger partial charge in [0.05, 0.1) is 6.54 Å². The fraction of sp³-hybridized carbons (Fsp3) is 0.650. The molecule has 0 aromatic heterocycles. The van der Waals surface area contributed by atoms with Crippen LogP contribution in [0.2, 0.25) is 0 Å². The van der Waals surface area contributed by atoms with Gasteiger partial charge in [0.15, 0.2) is 0 Å². The molecule has 0 bridgehead atoms. The Morgan fingerprint density at radius 3 is 2.50 bits per heavy atom. The second-order valence-electron chi connectivity index (χ2n) is 7.63. The third kappa shape index (κ3) is 8.26. The average Bonchev–Trinajstić information content (AvgIpc) is 3.40. The van der Waals surface area contributed by atoms with Crippen molar-refractivity contribution < 1.29 is 4.79 Å². The van der Waals surface area contributed by atoms with Gasteiger partial charge in [0.25, 0.3) is 0 Å². The lowest BCUT2D eigenvalue weighted by Gasteiger charge is -2.30. The first-order valence-electron chi connectivity index (χ1n) is 9.46. The second-order valence-corrected chi connectivity index (χ2v) is 7.63. The number of benzene rings is 1. The van der Waals surface area contributed by atoms with Gasteiger partial charge in [-0.25, -0.2) is 0 Å². The monoisotopic (exact) mass is 401 g/mol. The lowest BCUT2D eigenvalue weighted by atomic mass is 9.98. The van der Waals surface area contributed by atoms with Crippen LogP contribution in [-0.2, 0) is 17.9 Å². The van der Waals surface area contributed by atoms with Crippen molar-refractivity contribution in [3.63, 3.8) is 0 Å². The summed E-state index contributed by atoms with van der Waals surface area (Å²) in [5, 5.41) is 6.25. The Hall–Kier alpha value is -0.810. The first-order valence-corrected chi connectivity index (χ1v) is 9.46. The van der Waals surface area contributed by atoms with E-state index in [1.165, 1.54) is 49.9 Å². The van der Waals surface area contributed by atoms with E-state index in [1.807, 2.05) is 0 Å². The summed E-state index contributed by atoms with van der Waals surface area (Å²) in [7, 11) is 0. The van der Waals surface area contributed by atoms with Crippen molar-refractivity contribution in [2.45, 2.75) is 45.7 Å². The molecule has 1 aromatic carbocycles. The van der Waals surface area contributed by atoms with Gasteiger partial charge in [-0.3, -0.25) is 9.69 Å². The molecule has 1 amide bonds. The van der Waals surface area contributed by atoms with E-state index < -0.39 is 0 Å². The summed E-state index contributed by atoms with van der Waals surface area (Å²) in [6.45, 7) is 7.81. The van der Waals surface area contributed by atoms with Crippen LogP contribution in [0.3, 0.4) is 0 Å². The standard InChI is InChI=1S/C20H31N3O.2ClH/c1-16-7-9-23(10-8-16)15-19-4-2-3-18(11-19)13-22-20(24)14-21-12-17-5-6-17;;/h2-4,11,16-17,21H,5-10,12-15H2,1H3,(H,22,24);2*1H.